The lowest BCUT2D eigenvalue weighted by molar-refractivity contribution is 0.166. The van der Waals surface area contributed by atoms with Crippen LogP contribution in [-0.4, -0.2) is 40.4 Å². The summed E-state index contributed by atoms with van der Waals surface area (Å²) in [5.74, 6) is 0. The summed E-state index contributed by atoms with van der Waals surface area (Å²) in [5.41, 5.74) is 4.70. The van der Waals surface area contributed by atoms with Gasteiger partial charge in [0.2, 0.25) is 0 Å². The fourth-order valence-electron chi connectivity index (χ4n) is 4.58. The maximum Gasteiger partial charge on any atom is 0.175 e. The molecule has 3 aromatic rings. The number of pyridine rings is 1. The molecule has 0 saturated carbocycles. The molecule has 1 fully saturated rings. The van der Waals surface area contributed by atoms with Gasteiger partial charge in [-0.15, -0.1) is 0 Å². The molecule has 7 heteroatoms. The highest BCUT2D eigenvalue weighted by atomic mass is 32.2. The van der Waals surface area contributed by atoms with Crippen LogP contribution in [0.15, 0.2) is 59.9 Å². The van der Waals surface area contributed by atoms with Gasteiger partial charge in [-0.3, -0.25) is 9.88 Å². The van der Waals surface area contributed by atoms with Crippen LogP contribution < -0.4 is 0 Å². The first kappa shape index (κ1) is 17.6. The van der Waals surface area contributed by atoms with Crippen LogP contribution in [0.3, 0.4) is 0 Å². The van der Waals surface area contributed by atoms with E-state index in [0.29, 0.717) is 17.0 Å². The van der Waals surface area contributed by atoms with Gasteiger partial charge in [0.15, 0.2) is 9.84 Å². The van der Waals surface area contributed by atoms with Crippen LogP contribution in [0.5, 0.6) is 0 Å². The molecule has 0 radical (unpaired) electrons. The summed E-state index contributed by atoms with van der Waals surface area (Å²) in [5, 5.41) is 4.65. The lowest BCUT2D eigenvalue weighted by Gasteiger charge is -2.35. The highest BCUT2D eigenvalue weighted by Gasteiger charge is 2.41. The second-order valence-electron chi connectivity index (χ2n) is 7.71. The highest BCUT2D eigenvalue weighted by molar-refractivity contribution is 7.90. The third-order valence-electron chi connectivity index (χ3n) is 5.93. The summed E-state index contributed by atoms with van der Waals surface area (Å²) in [6.45, 7) is 0.914. The molecule has 0 spiro atoms. The Balaban J connectivity index is 1.46. The zero-order valence-electron chi connectivity index (χ0n) is 15.7. The van der Waals surface area contributed by atoms with Crippen LogP contribution in [0.1, 0.15) is 35.7 Å². The number of fused-ring (bicyclic) bond motifs is 4. The van der Waals surface area contributed by atoms with E-state index in [2.05, 4.69) is 21.0 Å². The van der Waals surface area contributed by atoms with E-state index in [1.54, 1.807) is 12.1 Å². The predicted octanol–water partition coefficient (Wildman–Crippen LogP) is 2.93. The maximum atomic E-state index is 11.7. The van der Waals surface area contributed by atoms with E-state index in [1.807, 2.05) is 41.5 Å². The monoisotopic (exact) mass is 394 g/mol. The number of sulfone groups is 1. The Morgan fingerprint density at radius 2 is 1.93 bits per heavy atom. The zero-order chi connectivity index (χ0) is 19.3. The van der Waals surface area contributed by atoms with Crippen molar-refractivity contribution in [3.63, 3.8) is 0 Å². The van der Waals surface area contributed by atoms with Gasteiger partial charge in [-0.05, 0) is 48.7 Å². The van der Waals surface area contributed by atoms with Crippen LogP contribution in [0.25, 0.3) is 5.69 Å². The van der Waals surface area contributed by atoms with Gasteiger partial charge in [0.25, 0.3) is 0 Å². The molecule has 2 aliphatic heterocycles. The van der Waals surface area contributed by atoms with Crippen LogP contribution >= 0.6 is 0 Å². The van der Waals surface area contributed by atoms with Gasteiger partial charge in [-0.1, -0.05) is 6.07 Å². The predicted molar refractivity (Wildman–Crippen MR) is 106 cm³/mol. The van der Waals surface area contributed by atoms with E-state index >= 15 is 0 Å². The van der Waals surface area contributed by atoms with Crippen LogP contribution in [0.4, 0.5) is 0 Å². The number of hydrogen-bond donors (Lipinski definition) is 0. The number of aromatic nitrogens is 3. The number of nitrogens with zero attached hydrogens (tertiary/aromatic N) is 4. The normalized spacial score (nSPS) is 21.6. The van der Waals surface area contributed by atoms with E-state index in [9.17, 15) is 8.42 Å². The molecule has 28 heavy (non-hydrogen) atoms. The number of hydrogen-bond acceptors (Lipinski definition) is 5. The summed E-state index contributed by atoms with van der Waals surface area (Å²) in [4.78, 5) is 7.16. The lowest BCUT2D eigenvalue weighted by atomic mass is 9.99. The molecule has 2 unspecified atom stereocenters. The second kappa shape index (κ2) is 6.53. The SMILES string of the molecule is CS(=O)(=O)c1ccc(-n2ncc3c2CC2CCC3N2Cc2cccnc2)cc1. The first-order chi connectivity index (χ1) is 13.5. The minimum atomic E-state index is -3.19. The van der Waals surface area contributed by atoms with Gasteiger partial charge in [0.1, 0.15) is 0 Å². The molecule has 0 N–H and O–H groups in total. The summed E-state index contributed by atoms with van der Waals surface area (Å²) in [7, 11) is -3.19. The van der Waals surface area contributed by atoms with Gasteiger partial charge < -0.3 is 0 Å². The Morgan fingerprint density at radius 1 is 1.11 bits per heavy atom. The zero-order valence-corrected chi connectivity index (χ0v) is 16.5. The van der Waals surface area contributed by atoms with Crippen molar-refractivity contribution in [3.05, 3.63) is 71.8 Å². The molecule has 2 aliphatic rings. The molecule has 6 nitrogen and oxygen atoms in total. The minimum absolute atomic E-state index is 0.333. The van der Waals surface area contributed by atoms with Crippen molar-refractivity contribution in [1.82, 2.24) is 19.7 Å². The molecular formula is C21H22N4O2S. The molecule has 4 heterocycles. The van der Waals surface area contributed by atoms with Gasteiger partial charge >= 0.3 is 0 Å². The topological polar surface area (TPSA) is 68.1 Å². The summed E-state index contributed by atoms with van der Waals surface area (Å²) >= 11 is 0. The third-order valence-corrected chi connectivity index (χ3v) is 7.06. The highest BCUT2D eigenvalue weighted by Crippen LogP contribution is 2.44. The largest absolute Gasteiger partial charge is 0.289 e. The van der Waals surface area contributed by atoms with Crippen molar-refractivity contribution in [2.75, 3.05) is 6.26 Å². The van der Waals surface area contributed by atoms with Gasteiger partial charge in [0, 0.05) is 49.3 Å². The van der Waals surface area contributed by atoms with Gasteiger partial charge in [-0.25, -0.2) is 13.1 Å². The molecule has 0 aliphatic carbocycles. The average Bonchev–Trinajstić information content (AvgIpc) is 3.22. The van der Waals surface area contributed by atoms with E-state index in [-0.39, 0.29) is 0 Å². The van der Waals surface area contributed by atoms with E-state index < -0.39 is 9.84 Å². The standard InChI is InChI=1S/C21H22N4O2S/c1-28(26,27)18-7-4-16(5-8-18)25-21-11-17-6-9-20(19(21)13-23-25)24(17)14-15-3-2-10-22-12-15/h2-5,7-8,10,12-13,17,20H,6,9,11,14H2,1H3. The molecule has 1 saturated heterocycles. The van der Waals surface area contributed by atoms with Gasteiger partial charge in [-0.2, -0.15) is 5.10 Å². The summed E-state index contributed by atoms with van der Waals surface area (Å²) in [6.07, 6.45) is 10.3. The van der Waals surface area contributed by atoms with E-state index in [0.717, 1.165) is 25.1 Å². The van der Waals surface area contributed by atoms with Crippen molar-refractivity contribution < 1.29 is 8.42 Å². The fraction of sp³-hybridized carbons (Fsp3) is 0.333. The van der Waals surface area contributed by atoms with Crippen molar-refractivity contribution in [1.29, 1.82) is 0 Å². The molecule has 2 aromatic heterocycles. The Bertz CT molecular complexity index is 1110. The molecule has 144 valence electrons. The van der Waals surface area contributed by atoms with Crippen molar-refractivity contribution in [3.8, 4) is 5.69 Å². The average molecular weight is 395 g/mol. The van der Waals surface area contributed by atoms with Crippen LogP contribution in [0, 0.1) is 0 Å². The smallest absolute Gasteiger partial charge is 0.175 e. The molecule has 2 atom stereocenters. The van der Waals surface area contributed by atoms with Crippen molar-refractivity contribution in [2.24, 2.45) is 0 Å². The van der Waals surface area contributed by atoms with E-state index in [1.165, 1.54) is 29.5 Å². The Labute approximate surface area is 164 Å². The first-order valence-corrected chi connectivity index (χ1v) is 11.4. The summed E-state index contributed by atoms with van der Waals surface area (Å²) < 4.78 is 25.4. The summed E-state index contributed by atoms with van der Waals surface area (Å²) in [6, 6.07) is 12.0. The van der Waals surface area contributed by atoms with Crippen molar-refractivity contribution in [2.45, 2.75) is 42.8 Å². The second-order valence-corrected chi connectivity index (χ2v) is 9.72. The maximum absolute atomic E-state index is 11.7. The molecule has 5 rings (SSSR count). The quantitative estimate of drug-likeness (QED) is 0.681. The molecule has 1 aromatic carbocycles. The first-order valence-electron chi connectivity index (χ1n) is 9.52. The number of rotatable bonds is 4. The van der Waals surface area contributed by atoms with Crippen molar-refractivity contribution >= 4 is 9.84 Å². The Hall–Kier alpha value is -2.51. The molecule has 0 amide bonds. The Morgan fingerprint density at radius 3 is 2.64 bits per heavy atom. The Kier molecular flexibility index (Phi) is 4.10. The lowest BCUT2D eigenvalue weighted by Crippen LogP contribution is -2.37. The minimum Gasteiger partial charge on any atom is -0.289 e. The van der Waals surface area contributed by atoms with E-state index in [4.69, 9.17) is 0 Å². The molecular weight excluding hydrogens is 372 g/mol. The fourth-order valence-corrected chi connectivity index (χ4v) is 5.21. The van der Waals surface area contributed by atoms with Gasteiger partial charge in [0.05, 0.1) is 22.5 Å². The third kappa shape index (κ3) is 2.95. The number of benzene rings is 1. The van der Waals surface area contributed by atoms with Crippen LogP contribution in [-0.2, 0) is 22.8 Å². The molecule has 2 bridgehead atoms. The van der Waals surface area contributed by atoms with Crippen LogP contribution in [0.2, 0.25) is 0 Å².